The Labute approximate surface area is 129 Å². The van der Waals surface area contributed by atoms with Crippen LogP contribution in [0.25, 0.3) is 11.3 Å². The molecule has 3 rings (SSSR count). The second-order valence-electron chi connectivity index (χ2n) is 5.54. The molecule has 8 heteroatoms. The number of nitrogens with zero attached hydrogens (tertiary/aromatic N) is 3. The predicted octanol–water partition coefficient (Wildman–Crippen LogP) is 3.45. The smallest absolute Gasteiger partial charge is 0.416 e. The van der Waals surface area contributed by atoms with Gasteiger partial charge in [0, 0.05) is 5.56 Å². The van der Waals surface area contributed by atoms with Gasteiger partial charge >= 0.3 is 12.3 Å². The number of halogens is 3. The Morgan fingerprint density at radius 3 is 2.52 bits per heavy atom. The van der Waals surface area contributed by atoms with E-state index in [0.717, 1.165) is 17.8 Å². The number of hydrogen-bond acceptors (Lipinski definition) is 2. The van der Waals surface area contributed by atoms with Crippen LogP contribution in [0.1, 0.15) is 18.2 Å². The lowest BCUT2D eigenvalue weighted by molar-refractivity contribution is -0.137. The quantitative estimate of drug-likeness (QED) is 0.873. The van der Waals surface area contributed by atoms with Crippen LogP contribution in [0.4, 0.5) is 18.0 Å². The molecule has 0 spiro atoms. The summed E-state index contributed by atoms with van der Waals surface area (Å²) in [7, 11) is 0. The van der Waals surface area contributed by atoms with Gasteiger partial charge in [-0.25, -0.2) is 4.79 Å². The maximum absolute atomic E-state index is 12.6. The Morgan fingerprint density at radius 1 is 1.30 bits per heavy atom. The third-order valence-electron chi connectivity index (χ3n) is 3.92. The molecule has 0 saturated heterocycles. The van der Waals surface area contributed by atoms with Gasteiger partial charge in [-0.2, -0.15) is 18.3 Å². The van der Waals surface area contributed by atoms with Crippen molar-refractivity contribution in [1.82, 2.24) is 14.7 Å². The first-order valence-corrected chi connectivity index (χ1v) is 6.99. The third kappa shape index (κ3) is 2.88. The second kappa shape index (κ2) is 5.29. The minimum absolute atomic E-state index is 0.208. The van der Waals surface area contributed by atoms with Gasteiger partial charge in [0.05, 0.1) is 36.1 Å². The molecule has 0 unspecified atom stereocenters. The molecular weight excluding hydrogens is 311 g/mol. The van der Waals surface area contributed by atoms with Crippen LogP contribution in [0.2, 0.25) is 0 Å². The molecule has 2 aromatic rings. The highest BCUT2D eigenvalue weighted by Gasteiger charge is 2.30. The highest BCUT2D eigenvalue weighted by atomic mass is 19.4. The molecule has 1 N–H and O–H groups in total. The fraction of sp³-hybridized carbons (Fsp3) is 0.333. The number of rotatable bonds is 1. The van der Waals surface area contributed by atoms with Crippen LogP contribution in [0.3, 0.4) is 0 Å². The zero-order valence-electron chi connectivity index (χ0n) is 12.2. The molecule has 0 saturated carbocycles. The summed E-state index contributed by atoms with van der Waals surface area (Å²) in [5.41, 5.74) is 1.11. The van der Waals surface area contributed by atoms with Crippen molar-refractivity contribution in [3.05, 3.63) is 41.6 Å². The molecule has 0 radical (unpaired) electrons. The van der Waals surface area contributed by atoms with Crippen molar-refractivity contribution in [2.24, 2.45) is 0 Å². The van der Waals surface area contributed by atoms with Crippen molar-refractivity contribution in [2.45, 2.75) is 32.2 Å². The zero-order valence-corrected chi connectivity index (χ0v) is 12.2. The van der Waals surface area contributed by atoms with E-state index in [9.17, 15) is 18.0 Å². The van der Waals surface area contributed by atoms with Crippen molar-refractivity contribution in [3.8, 4) is 11.3 Å². The Hall–Kier alpha value is -2.51. The zero-order chi connectivity index (χ0) is 16.8. The summed E-state index contributed by atoms with van der Waals surface area (Å²) in [6.45, 7) is 2.42. The number of fused-ring (bicyclic) bond motifs is 1. The summed E-state index contributed by atoms with van der Waals surface area (Å²) in [5.74, 6) is 0. The molecule has 1 aliphatic rings. The van der Waals surface area contributed by atoms with E-state index >= 15 is 0 Å². The molecule has 122 valence electrons. The number of carboxylic acid groups (broad SMARTS) is 1. The molecule has 2 heterocycles. The minimum Gasteiger partial charge on any atom is -0.465 e. The van der Waals surface area contributed by atoms with E-state index in [-0.39, 0.29) is 12.6 Å². The Kier molecular flexibility index (Phi) is 3.54. The molecule has 5 nitrogen and oxygen atoms in total. The number of carbonyl (C=O) groups is 1. The van der Waals surface area contributed by atoms with Crippen molar-refractivity contribution in [1.29, 1.82) is 0 Å². The second-order valence-corrected chi connectivity index (χ2v) is 5.54. The molecule has 23 heavy (non-hydrogen) atoms. The lowest BCUT2D eigenvalue weighted by atomic mass is 10.1. The molecular formula is C15H14F3N3O2. The Balaban J connectivity index is 1.89. The SMILES string of the molecule is C[C@@H]1Cn2nc(-c3ccc(C(F)(F)F)cc3)cc2CN1C(=O)O. The van der Waals surface area contributed by atoms with E-state index in [1.165, 1.54) is 17.0 Å². The third-order valence-corrected chi connectivity index (χ3v) is 3.92. The van der Waals surface area contributed by atoms with Crippen LogP contribution in [-0.2, 0) is 19.3 Å². The van der Waals surface area contributed by atoms with E-state index in [1.54, 1.807) is 17.7 Å². The summed E-state index contributed by atoms with van der Waals surface area (Å²) < 4.78 is 39.5. The van der Waals surface area contributed by atoms with Crippen molar-refractivity contribution < 1.29 is 23.1 Å². The highest BCUT2D eigenvalue weighted by molar-refractivity contribution is 5.66. The van der Waals surface area contributed by atoms with Gasteiger partial charge in [0.25, 0.3) is 0 Å². The van der Waals surface area contributed by atoms with Gasteiger partial charge in [-0.3, -0.25) is 9.58 Å². The van der Waals surface area contributed by atoms with Gasteiger partial charge in [-0.15, -0.1) is 0 Å². The van der Waals surface area contributed by atoms with Gasteiger partial charge in [-0.05, 0) is 25.1 Å². The number of benzene rings is 1. The van der Waals surface area contributed by atoms with Crippen LogP contribution >= 0.6 is 0 Å². The molecule has 1 aliphatic heterocycles. The fourth-order valence-corrected chi connectivity index (χ4v) is 2.65. The van der Waals surface area contributed by atoms with E-state index in [2.05, 4.69) is 5.10 Å². The van der Waals surface area contributed by atoms with E-state index in [0.29, 0.717) is 17.8 Å². The maximum Gasteiger partial charge on any atom is 0.416 e. The maximum atomic E-state index is 12.6. The van der Waals surface area contributed by atoms with E-state index < -0.39 is 17.8 Å². The Morgan fingerprint density at radius 2 is 1.96 bits per heavy atom. The fourth-order valence-electron chi connectivity index (χ4n) is 2.65. The van der Waals surface area contributed by atoms with Crippen molar-refractivity contribution in [2.75, 3.05) is 0 Å². The van der Waals surface area contributed by atoms with Gasteiger partial charge in [0.2, 0.25) is 0 Å². The normalized spacial score (nSPS) is 17.9. The summed E-state index contributed by atoms with van der Waals surface area (Å²) >= 11 is 0. The molecule has 0 fully saturated rings. The summed E-state index contributed by atoms with van der Waals surface area (Å²) in [5, 5.41) is 13.5. The first-order chi connectivity index (χ1) is 10.8. The topological polar surface area (TPSA) is 58.4 Å². The molecule has 1 amide bonds. The number of amides is 1. The van der Waals surface area contributed by atoms with E-state index in [4.69, 9.17) is 5.11 Å². The van der Waals surface area contributed by atoms with Crippen LogP contribution < -0.4 is 0 Å². The van der Waals surface area contributed by atoms with Gasteiger partial charge in [0.1, 0.15) is 0 Å². The molecule has 1 aromatic heterocycles. The largest absolute Gasteiger partial charge is 0.465 e. The molecule has 0 aliphatic carbocycles. The average Bonchev–Trinajstić information content (AvgIpc) is 2.88. The van der Waals surface area contributed by atoms with Crippen LogP contribution in [0.5, 0.6) is 0 Å². The Bertz CT molecular complexity index is 737. The first kappa shape index (κ1) is 15.4. The average molecular weight is 325 g/mol. The molecule has 1 atom stereocenters. The lowest BCUT2D eigenvalue weighted by Gasteiger charge is -2.31. The molecule has 1 aromatic carbocycles. The highest BCUT2D eigenvalue weighted by Crippen LogP contribution is 2.31. The summed E-state index contributed by atoms with van der Waals surface area (Å²) in [6, 6.07) is 6.27. The van der Waals surface area contributed by atoms with Crippen LogP contribution in [0.15, 0.2) is 30.3 Å². The lowest BCUT2D eigenvalue weighted by Crippen LogP contribution is -2.44. The minimum atomic E-state index is -4.37. The predicted molar refractivity (Wildman–Crippen MR) is 75.7 cm³/mol. The molecule has 0 bridgehead atoms. The van der Waals surface area contributed by atoms with Crippen LogP contribution in [-0.4, -0.2) is 31.9 Å². The van der Waals surface area contributed by atoms with Crippen molar-refractivity contribution in [3.63, 3.8) is 0 Å². The first-order valence-electron chi connectivity index (χ1n) is 6.99. The monoisotopic (exact) mass is 325 g/mol. The van der Waals surface area contributed by atoms with Gasteiger partial charge in [0.15, 0.2) is 0 Å². The van der Waals surface area contributed by atoms with Gasteiger partial charge in [-0.1, -0.05) is 12.1 Å². The number of aromatic nitrogens is 2. The summed E-state index contributed by atoms with van der Waals surface area (Å²) in [4.78, 5) is 12.5. The number of alkyl halides is 3. The van der Waals surface area contributed by atoms with Gasteiger partial charge < -0.3 is 5.11 Å². The summed E-state index contributed by atoms with van der Waals surface area (Å²) in [6.07, 6.45) is -5.37. The standard InChI is InChI=1S/C15H14F3N3O2/c1-9-7-21-12(8-20(9)14(22)23)6-13(19-21)10-2-4-11(5-3-10)15(16,17)18/h2-6,9H,7-8H2,1H3,(H,22,23)/t9-/m1/s1. The number of hydrogen-bond donors (Lipinski definition) is 1. The van der Waals surface area contributed by atoms with Crippen molar-refractivity contribution >= 4 is 6.09 Å². The van der Waals surface area contributed by atoms with E-state index in [1.807, 2.05) is 0 Å². The van der Waals surface area contributed by atoms with Crippen LogP contribution in [0, 0.1) is 0 Å².